The number of hydrazone groups is 1. The average molecular weight is 489 g/mol. The Morgan fingerprint density at radius 1 is 0.742 bits per heavy atom. The van der Waals surface area contributed by atoms with Crippen LogP contribution in [0.1, 0.15) is 11.1 Å². The van der Waals surface area contributed by atoms with Crippen molar-refractivity contribution >= 4 is 76.1 Å². The first-order chi connectivity index (χ1) is 15.0. The molecule has 1 heterocycles. The molecule has 0 aliphatic carbocycles. The molecule has 0 unspecified atom stereocenters. The smallest absolute Gasteiger partial charge is 0.267 e. The molecule has 3 aromatic rings. The first kappa shape index (κ1) is 21.6. The fraction of sp³-hybridized carbons (Fsp3) is 0. The van der Waals surface area contributed by atoms with Crippen LogP contribution in [-0.2, 0) is 4.79 Å². The van der Waals surface area contributed by atoms with Gasteiger partial charge < -0.3 is 0 Å². The summed E-state index contributed by atoms with van der Waals surface area (Å²) in [5, 5.41) is 7.36. The summed E-state index contributed by atoms with van der Waals surface area (Å²) >= 11 is 25.1. The van der Waals surface area contributed by atoms with Crippen LogP contribution >= 0.6 is 46.4 Å². The number of para-hydroxylation sites is 1. The van der Waals surface area contributed by atoms with Crippen LogP contribution in [0.15, 0.2) is 82.4 Å². The minimum absolute atomic E-state index is 0.181. The summed E-state index contributed by atoms with van der Waals surface area (Å²) < 4.78 is 0. The number of rotatable bonds is 3. The number of carbonyl (C=O) groups excluding carboxylic acids is 1. The Kier molecular flexibility index (Phi) is 6.44. The molecular weight excluding hydrogens is 476 g/mol. The van der Waals surface area contributed by atoms with E-state index in [4.69, 9.17) is 46.4 Å². The highest BCUT2D eigenvalue weighted by atomic mass is 35.5. The molecule has 8 heteroatoms. The predicted molar refractivity (Wildman–Crippen MR) is 130 cm³/mol. The van der Waals surface area contributed by atoms with Gasteiger partial charge in [-0.15, -0.1) is 5.10 Å². The first-order valence-electron chi connectivity index (χ1n) is 9.08. The van der Waals surface area contributed by atoms with Gasteiger partial charge in [0.15, 0.2) is 5.84 Å². The highest BCUT2D eigenvalue weighted by molar-refractivity contribution is 6.40. The molecule has 0 atom stereocenters. The van der Waals surface area contributed by atoms with Crippen molar-refractivity contribution in [1.82, 2.24) is 0 Å². The maximum Gasteiger partial charge on any atom is 0.282 e. The minimum atomic E-state index is -0.361. The van der Waals surface area contributed by atoms with Gasteiger partial charge in [0.2, 0.25) is 0 Å². The zero-order valence-electron chi connectivity index (χ0n) is 15.8. The first-order valence-corrected chi connectivity index (χ1v) is 10.6. The molecule has 1 amide bonds. The summed E-state index contributed by atoms with van der Waals surface area (Å²) in [5.41, 5.74) is 1.86. The van der Waals surface area contributed by atoms with E-state index in [-0.39, 0.29) is 17.3 Å². The SMILES string of the molecule is O=C1C(=Cc2c(Cl)cccc2Cl)C(N=Cc2c(Cl)cccc2Cl)=NN1c1ccccc1. The topological polar surface area (TPSA) is 45.0 Å². The van der Waals surface area contributed by atoms with Crippen molar-refractivity contribution in [2.75, 3.05) is 5.01 Å². The van der Waals surface area contributed by atoms with Gasteiger partial charge in [0.25, 0.3) is 5.91 Å². The van der Waals surface area contributed by atoms with Gasteiger partial charge in [-0.1, -0.05) is 76.7 Å². The summed E-state index contributed by atoms with van der Waals surface area (Å²) in [6.07, 6.45) is 3.06. The zero-order chi connectivity index (χ0) is 22.0. The Labute approximate surface area is 199 Å². The summed E-state index contributed by atoms with van der Waals surface area (Å²) in [6.45, 7) is 0. The van der Waals surface area contributed by atoms with Gasteiger partial charge in [0.05, 0.1) is 21.3 Å². The van der Waals surface area contributed by atoms with E-state index >= 15 is 0 Å². The van der Waals surface area contributed by atoms with Gasteiger partial charge in [0, 0.05) is 27.4 Å². The molecule has 4 rings (SSSR count). The van der Waals surface area contributed by atoms with Gasteiger partial charge in [-0.3, -0.25) is 4.79 Å². The standard InChI is InChI=1S/C23H13Cl4N3O/c24-18-8-4-9-19(25)15(18)12-16-22(28-13-17-20(26)10-5-11-21(17)27)29-30(23(16)31)14-6-2-1-3-7-14/h1-13H. The lowest BCUT2D eigenvalue weighted by Gasteiger charge is -2.10. The molecule has 4 nitrogen and oxygen atoms in total. The Balaban J connectivity index is 1.82. The van der Waals surface area contributed by atoms with Crippen molar-refractivity contribution < 1.29 is 4.79 Å². The number of hydrogen-bond donors (Lipinski definition) is 0. The molecule has 1 aliphatic heterocycles. The molecule has 0 fully saturated rings. The average Bonchev–Trinajstić information content (AvgIpc) is 3.06. The van der Waals surface area contributed by atoms with E-state index in [2.05, 4.69) is 10.1 Å². The summed E-state index contributed by atoms with van der Waals surface area (Å²) in [4.78, 5) is 17.6. The molecule has 0 bridgehead atoms. The lowest BCUT2D eigenvalue weighted by molar-refractivity contribution is -0.114. The van der Waals surface area contributed by atoms with E-state index in [1.54, 1.807) is 54.6 Å². The second kappa shape index (κ2) is 9.25. The molecule has 0 N–H and O–H groups in total. The summed E-state index contributed by atoms with van der Waals surface area (Å²) in [7, 11) is 0. The maximum atomic E-state index is 13.2. The van der Waals surface area contributed by atoms with E-state index in [0.717, 1.165) is 0 Å². The van der Waals surface area contributed by atoms with Crippen molar-refractivity contribution in [3.63, 3.8) is 0 Å². The number of carbonyl (C=O) groups is 1. The Hall–Kier alpha value is -2.63. The maximum absolute atomic E-state index is 13.2. The molecule has 31 heavy (non-hydrogen) atoms. The van der Waals surface area contributed by atoms with Gasteiger partial charge in [-0.25, -0.2) is 4.99 Å². The fourth-order valence-electron chi connectivity index (χ4n) is 2.92. The Morgan fingerprint density at radius 2 is 1.29 bits per heavy atom. The van der Waals surface area contributed by atoms with Crippen molar-refractivity contribution in [1.29, 1.82) is 0 Å². The van der Waals surface area contributed by atoms with E-state index in [1.165, 1.54) is 11.2 Å². The third-order valence-corrected chi connectivity index (χ3v) is 5.78. The second-order valence-electron chi connectivity index (χ2n) is 6.46. The van der Waals surface area contributed by atoms with Crippen LogP contribution in [0.25, 0.3) is 6.08 Å². The van der Waals surface area contributed by atoms with Crippen LogP contribution in [0.4, 0.5) is 5.69 Å². The van der Waals surface area contributed by atoms with Crippen LogP contribution in [0.2, 0.25) is 20.1 Å². The highest BCUT2D eigenvalue weighted by Crippen LogP contribution is 2.31. The monoisotopic (exact) mass is 487 g/mol. The van der Waals surface area contributed by atoms with E-state index in [1.807, 2.05) is 18.2 Å². The molecule has 0 saturated carbocycles. The largest absolute Gasteiger partial charge is 0.282 e. The van der Waals surface area contributed by atoms with Crippen LogP contribution < -0.4 is 5.01 Å². The van der Waals surface area contributed by atoms with E-state index in [0.29, 0.717) is 36.9 Å². The molecule has 0 spiro atoms. The van der Waals surface area contributed by atoms with E-state index < -0.39 is 0 Å². The van der Waals surface area contributed by atoms with Gasteiger partial charge in [-0.2, -0.15) is 5.01 Å². The molecule has 154 valence electrons. The summed E-state index contributed by atoms with van der Waals surface area (Å²) in [5.74, 6) is -0.180. The fourth-order valence-corrected chi connectivity index (χ4v) is 3.92. The normalized spacial score (nSPS) is 15.2. The number of nitrogens with zero attached hydrogens (tertiary/aromatic N) is 3. The quantitative estimate of drug-likeness (QED) is 0.285. The van der Waals surface area contributed by atoms with Crippen LogP contribution in [0.3, 0.4) is 0 Å². The van der Waals surface area contributed by atoms with Crippen molar-refractivity contribution in [3.05, 3.63) is 104 Å². The number of aliphatic imine (C=N–C) groups is 1. The van der Waals surface area contributed by atoms with Crippen LogP contribution in [0.5, 0.6) is 0 Å². The van der Waals surface area contributed by atoms with Crippen molar-refractivity contribution in [2.24, 2.45) is 10.1 Å². The Morgan fingerprint density at radius 3 is 1.87 bits per heavy atom. The number of amidine groups is 1. The van der Waals surface area contributed by atoms with Crippen molar-refractivity contribution in [2.45, 2.75) is 0 Å². The number of hydrogen-bond acceptors (Lipinski definition) is 3. The number of benzene rings is 3. The van der Waals surface area contributed by atoms with Gasteiger partial charge >= 0.3 is 0 Å². The molecule has 0 aromatic heterocycles. The predicted octanol–water partition coefficient (Wildman–Crippen LogP) is 7.16. The second-order valence-corrected chi connectivity index (χ2v) is 8.09. The lowest BCUT2D eigenvalue weighted by atomic mass is 10.1. The summed E-state index contributed by atoms with van der Waals surface area (Å²) in [6, 6.07) is 19.3. The van der Waals surface area contributed by atoms with Crippen LogP contribution in [0, 0.1) is 0 Å². The lowest BCUT2D eigenvalue weighted by Crippen LogP contribution is -2.21. The third kappa shape index (κ3) is 4.53. The number of halogens is 4. The molecule has 3 aromatic carbocycles. The number of amides is 1. The van der Waals surface area contributed by atoms with Gasteiger partial charge in [0.1, 0.15) is 0 Å². The molecule has 0 radical (unpaired) electrons. The number of anilines is 1. The highest BCUT2D eigenvalue weighted by Gasteiger charge is 2.31. The molecule has 0 saturated heterocycles. The van der Waals surface area contributed by atoms with Crippen LogP contribution in [-0.4, -0.2) is 18.0 Å². The van der Waals surface area contributed by atoms with Gasteiger partial charge in [-0.05, 0) is 42.5 Å². The minimum Gasteiger partial charge on any atom is -0.267 e. The Bertz CT molecular complexity index is 1210. The molecular formula is C23H13Cl4N3O. The zero-order valence-corrected chi connectivity index (χ0v) is 18.8. The molecule has 1 aliphatic rings. The van der Waals surface area contributed by atoms with Crippen molar-refractivity contribution in [3.8, 4) is 0 Å². The third-order valence-electron chi connectivity index (χ3n) is 4.46. The van der Waals surface area contributed by atoms with E-state index in [9.17, 15) is 4.79 Å².